The predicted molar refractivity (Wildman–Crippen MR) is 87.5 cm³/mol. The summed E-state index contributed by atoms with van der Waals surface area (Å²) in [6.45, 7) is 2.14. The minimum absolute atomic E-state index is 0.121. The molecule has 0 bridgehead atoms. The van der Waals surface area contributed by atoms with Crippen molar-refractivity contribution in [3.8, 4) is 5.75 Å². The van der Waals surface area contributed by atoms with Crippen molar-refractivity contribution in [2.24, 2.45) is 0 Å². The van der Waals surface area contributed by atoms with E-state index in [0.29, 0.717) is 42.7 Å². The van der Waals surface area contributed by atoms with E-state index in [0.717, 1.165) is 0 Å². The van der Waals surface area contributed by atoms with Crippen LogP contribution in [0.2, 0.25) is 0 Å². The van der Waals surface area contributed by atoms with E-state index in [9.17, 15) is 26.7 Å². The molecule has 0 fully saturated rings. The van der Waals surface area contributed by atoms with Crippen LogP contribution in [0.15, 0.2) is 48.5 Å². The van der Waals surface area contributed by atoms with Crippen LogP contribution in [0.5, 0.6) is 5.75 Å². The van der Waals surface area contributed by atoms with E-state index in [1.54, 1.807) is 6.92 Å². The van der Waals surface area contributed by atoms with Crippen molar-refractivity contribution in [3.05, 3.63) is 65.2 Å². The Labute approximate surface area is 152 Å². The molecule has 0 aromatic heterocycles. The van der Waals surface area contributed by atoms with Crippen molar-refractivity contribution in [3.63, 3.8) is 0 Å². The SMILES string of the molecule is CCOC(CC=O)c1ccc(OC(F)(F)c2ccc(C(F)(F)F)cc2)cc1. The highest BCUT2D eigenvalue weighted by Gasteiger charge is 2.36. The molecule has 0 heterocycles. The molecule has 0 aliphatic heterocycles. The van der Waals surface area contributed by atoms with Gasteiger partial charge in [-0.15, -0.1) is 0 Å². The maximum atomic E-state index is 14.2. The van der Waals surface area contributed by atoms with Crippen molar-refractivity contribution < 1.29 is 36.2 Å². The molecule has 0 radical (unpaired) electrons. The predicted octanol–water partition coefficient (Wildman–Crippen LogP) is 5.50. The molecule has 146 valence electrons. The van der Waals surface area contributed by atoms with Gasteiger partial charge in [-0.2, -0.15) is 22.0 Å². The Hall–Kier alpha value is -2.48. The zero-order valence-electron chi connectivity index (χ0n) is 14.3. The smallest absolute Gasteiger partial charge is 0.426 e. The lowest BCUT2D eigenvalue weighted by Gasteiger charge is -2.20. The Bertz CT molecular complexity index is 739. The second-order valence-electron chi connectivity index (χ2n) is 5.61. The van der Waals surface area contributed by atoms with Crippen LogP contribution in [0.1, 0.15) is 36.1 Å². The van der Waals surface area contributed by atoms with Crippen molar-refractivity contribution in [1.82, 2.24) is 0 Å². The normalized spacial score (nSPS) is 13.3. The maximum absolute atomic E-state index is 14.2. The molecule has 2 aromatic rings. The molecular weight excluding hydrogens is 371 g/mol. The van der Waals surface area contributed by atoms with Gasteiger partial charge in [0.2, 0.25) is 0 Å². The third-order valence-corrected chi connectivity index (χ3v) is 3.72. The highest BCUT2D eigenvalue weighted by atomic mass is 19.4. The lowest BCUT2D eigenvalue weighted by Crippen LogP contribution is -2.22. The summed E-state index contributed by atoms with van der Waals surface area (Å²) in [5.41, 5.74) is -1.11. The number of hydrogen-bond donors (Lipinski definition) is 0. The van der Waals surface area contributed by atoms with Crippen molar-refractivity contribution in [2.45, 2.75) is 31.7 Å². The number of halogens is 5. The fourth-order valence-electron chi connectivity index (χ4n) is 2.40. The molecule has 0 amide bonds. The van der Waals surface area contributed by atoms with Crippen LogP contribution in [-0.4, -0.2) is 12.9 Å². The summed E-state index contributed by atoms with van der Waals surface area (Å²) in [5.74, 6) is -0.176. The largest absolute Gasteiger partial charge is 0.429 e. The molecule has 0 aliphatic carbocycles. The summed E-state index contributed by atoms with van der Waals surface area (Å²) >= 11 is 0. The van der Waals surface area contributed by atoms with Crippen LogP contribution >= 0.6 is 0 Å². The standard InChI is InChI=1S/C19H17F5O3/c1-2-26-17(11-12-25)13-3-9-16(10-4-13)27-19(23,24)15-7-5-14(6-8-15)18(20,21)22/h3-10,12,17H,2,11H2,1H3. The van der Waals surface area contributed by atoms with Crippen LogP contribution < -0.4 is 4.74 Å². The molecule has 0 aliphatic rings. The van der Waals surface area contributed by atoms with Gasteiger partial charge < -0.3 is 14.3 Å². The number of benzene rings is 2. The number of carbonyl (C=O) groups is 1. The van der Waals surface area contributed by atoms with E-state index in [4.69, 9.17) is 4.74 Å². The van der Waals surface area contributed by atoms with Gasteiger partial charge in [-0.3, -0.25) is 0 Å². The van der Waals surface area contributed by atoms with E-state index in [1.807, 2.05) is 0 Å². The Morgan fingerprint density at radius 1 is 0.926 bits per heavy atom. The van der Waals surface area contributed by atoms with Crippen molar-refractivity contribution in [2.75, 3.05) is 6.61 Å². The second-order valence-corrected chi connectivity index (χ2v) is 5.61. The average molecular weight is 388 g/mol. The second kappa shape index (κ2) is 8.47. The van der Waals surface area contributed by atoms with Gasteiger partial charge in [-0.25, -0.2) is 0 Å². The molecular formula is C19H17F5O3. The van der Waals surface area contributed by atoms with Crippen LogP contribution in [0.25, 0.3) is 0 Å². The fourth-order valence-corrected chi connectivity index (χ4v) is 2.40. The molecule has 1 unspecified atom stereocenters. The van der Waals surface area contributed by atoms with Crippen molar-refractivity contribution >= 4 is 6.29 Å². The number of ether oxygens (including phenoxy) is 2. The topological polar surface area (TPSA) is 35.5 Å². The number of alkyl halides is 5. The first-order valence-corrected chi connectivity index (χ1v) is 8.07. The van der Waals surface area contributed by atoms with Gasteiger partial charge in [-0.05, 0) is 48.9 Å². The highest BCUT2D eigenvalue weighted by molar-refractivity contribution is 5.51. The summed E-state index contributed by atoms with van der Waals surface area (Å²) in [7, 11) is 0. The third kappa shape index (κ3) is 5.50. The first-order valence-electron chi connectivity index (χ1n) is 8.07. The molecule has 0 saturated heterocycles. The van der Waals surface area contributed by atoms with E-state index < -0.39 is 29.5 Å². The van der Waals surface area contributed by atoms with Gasteiger partial charge in [0.1, 0.15) is 12.0 Å². The third-order valence-electron chi connectivity index (χ3n) is 3.72. The van der Waals surface area contributed by atoms with Gasteiger partial charge in [-0.1, -0.05) is 12.1 Å². The van der Waals surface area contributed by atoms with Crippen LogP contribution in [0.4, 0.5) is 22.0 Å². The number of aldehydes is 1. The number of rotatable bonds is 8. The first kappa shape index (κ1) is 20.8. The molecule has 8 heteroatoms. The Balaban J connectivity index is 2.14. The molecule has 3 nitrogen and oxygen atoms in total. The number of carbonyl (C=O) groups excluding carboxylic acids is 1. The van der Waals surface area contributed by atoms with Gasteiger partial charge in [0.15, 0.2) is 0 Å². The van der Waals surface area contributed by atoms with Gasteiger partial charge in [0.05, 0.1) is 17.2 Å². The van der Waals surface area contributed by atoms with Crippen molar-refractivity contribution in [1.29, 1.82) is 0 Å². The molecule has 2 aromatic carbocycles. The summed E-state index contributed by atoms with van der Waals surface area (Å²) in [5, 5.41) is 0. The molecule has 0 spiro atoms. The zero-order chi connectivity index (χ0) is 20.1. The number of hydrogen-bond acceptors (Lipinski definition) is 3. The van der Waals surface area contributed by atoms with Crippen LogP contribution in [-0.2, 0) is 21.8 Å². The maximum Gasteiger partial charge on any atom is 0.426 e. The minimum atomic E-state index is -4.61. The monoisotopic (exact) mass is 388 g/mol. The van der Waals surface area contributed by atoms with Crippen LogP contribution in [0, 0.1) is 0 Å². The van der Waals surface area contributed by atoms with Gasteiger partial charge >= 0.3 is 12.3 Å². The Kier molecular flexibility index (Phi) is 6.54. The molecule has 27 heavy (non-hydrogen) atoms. The summed E-state index contributed by atoms with van der Waals surface area (Å²) < 4.78 is 76.0. The van der Waals surface area contributed by atoms with Crippen LogP contribution in [0.3, 0.4) is 0 Å². The first-order chi connectivity index (χ1) is 12.7. The van der Waals surface area contributed by atoms with E-state index in [1.165, 1.54) is 24.3 Å². The highest BCUT2D eigenvalue weighted by Crippen LogP contribution is 2.35. The van der Waals surface area contributed by atoms with E-state index in [-0.39, 0.29) is 12.2 Å². The minimum Gasteiger partial charge on any atom is -0.429 e. The molecule has 0 N–H and O–H groups in total. The average Bonchev–Trinajstić information content (AvgIpc) is 2.61. The summed E-state index contributed by atoms with van der Waals surface area (Å²) in [6.07, 6.45) is -8.09. The summed E-state index contributed by atoms with van der Waals surface area (Å²) in [4.78, 5) is 10.7. The zero-order valence-corrected chi connectivity index (χ0v) is 14.3. The van der Waals surface area contributed by atoms with E-state index >= 15 is 0 Å². The van der Waals surface area contributed by atoms with Gasteiger partial charge in [0.25, 0.3) is 0 Å². The molecule has 0 saturated carbocycles. The molecule has 1 atom stereocenters. The fraction of sp³-hybridized carbons (Fsp3) is 0.316. The summed E-state index contributed by atoms with van der Waals surface area (Å²) in [6, 6.07) is 8.03. The Morgan fingerprint density at radius 2 is 1.48 bits per heavy atom. The quantitative estimate of drug-likeness (QED) is 0.443. The molecule has 2 rings (SSSR count). The lowest BCUT2D eigenvalue weighted by atomic mass is 10.1. The lowest BCUT2D eigenvalue weighted by molar-refractivity contribution is -0.185. The van der Waals surface area contributed by atoms with Gasteiger partial charge in [0, 0.05) is 13.0 Å². The Morgan fingerprint density at radius 3 is 1.96 bits per heavy atom. The van der Waals surface area contributed by atoms with E-state index in [2.05, 4.69) is 4.74 Å².